The van der Waals surface area contributed by atoms with Crippen LogP contribution in [0.1, 0.15) is 37.1 Å². The van der Waals surface area contributed by atoms with Gasteiger partial charge in [-0.05, 0) is 43.4 Å². The molecule has 5 nitrogen and oxygen atoms in total. The maximum absolute atomic E-state index is 13.1. The first kappa shape index (κ1) is 15.9. The first-order chi connectivity index (χ1) is 12.2. The van der Waals surface area contributed by atoms with Crippen LogP contribution in [0, 0.1) is 0 Å². The number of halogens is 2. The van der Waals surface area contributed by atoms with Gasteiger partial charge in [0.05, 0.1) is 0 Å². The first-order valence-corrected chi connectivity index (χ1v) is 8.53. The molecule has 25 heavy (non-hydrogen) atoms. The Labute approximate surface area is 144 Å². The molecule has 3 aromatic rings. The number of alkyl halides is 2. The van der Waals surface area contributed by atoms with Gasteiger partial charge in [-0.1, -0.05) is 30.3 Å². The number of fused-ring (bicyclic) bond motifs is 1. The average molecular weight is 343 g/mol. The zero-order valence-electron chi connectivity index (χ0n) is 13.7. The van der Waals surface area contributed by atoms with Crippen LogP contribution in [0.5, 0.6) is 0 Å². The highest BCUT2D eigenvalue weighted by Gasteiger charge is 2.25. The quantitative estimate of drug-likeness (QED) is 0.725. The lowest BCUT2D eigenvalue weighted by Crippen LogP contribution is -2.41. The predicted molar refractivity (Wildman–Crippen MR) is 90.9 cm³/mol. The molecule has 0 spiro atoms. The van der Waals surface area contributed by atoms with Crippen LogP contribution in [0.25, 0.3) is 5.65 Å². The Morgan fingerprint density at radius 2 is 1.88 bits per heavy atom. The van der Waals surface area contributed by atoms with E-state index < -0.39 is 12.2 Å². The highest BCUT2D eigenvalue weighted by Crippen LogP contribution is 2.26. The molecule has 4 rings (SSSR count). The summed E-state index contributed by atoms with van der Waals surface area (Å²) < 4.78 is 27.3. The molecule has 7 heteroatoms. The smallest absolute Gasteiger partial charge is 0.299 e. The Bertz CT molecular complexity index is 849. The summed E-state index contributed by atoms with van der Waals surface area (Å²) in [4.78, 5) is 2.23. The van der Waals surface area contributed by atoms with E-state index in [-0.39, 0.29) is 0 Å². The maximum Gasteiger partial charge on any atom is 0.299 e. The summed E-state index contributed by atoms with van der Waals surface area (Å²) in [6.45, 7) is 0.877. The number of hydrogen-bond acceptors (Lipinski definition) is 4. The molecule has 3 heterocycles. The number of aromatic nitrogens is 4. The fourth-order valence-electron chi connectivity index (χ4n) is 3.49. The van der Waals surface area contributed by atoms with Crippen molar-refractivity contribution in [3.63, 3.8) is 0 Å². The number of benzene rings is 1. The van der Waals surface area contributed by atoms with E-state index in [1.165, 1.54) is 12.0 Å². The van der Waals surface area contributed by atoms with Crippen LogP contribution in [0.3, 0.4) is 0 Å². The molecule has 0 N–H and O–H groups in total. The molecule has 2 aromatic heterocycles. The number of anilines is 1. The topological polar surface area (TPSA) is 46.3 Å². The zero-order chi connectivity index (χ0) is 17.2. The van der Waals surface area contributed by atoms with E-state index in [0.29, 0.717) is 17.5 Å². The molecular weight excluding hydrogens is 324 g/mol. The standard InChI is InChI=1S/C18H19F2N5/c19-17(20)18-22-21-15-9-10-16(23-25(15)18)24-11-5-4-8-14(24)12-13-6-2-1-3-7-13/h1-3,6-7,9-10,14,17H,4-5,8,11-12H2. The van der Waals surface area contributed by atoms with Gasteiger partial charge in [-0.3, -0.25) is 0 Å². The summed E-state index contributed by atoms with van der Waals surface area (Å²) in [6.07, 6.45) is 1.54. The third-order valence-corrected chi connectivity index (χ3v) is 4.70. The summed E-state index contributed by atoms with van der Waals surface area (Å²) >= 11 is 0. The number of hydrogen-bond donors (Lipinski definition) is 0. The van der Waals surface area contributed by atoms with Crippen molar-refractivity contribution >= 4 is 11.5 Å². The van der Waals surface area contributed by atoms with Gasteiger partial charge in [0.1, 0.15) is 5.82 Å². The molecule has 0 aliphatic carbocycles. The molecule has 1 atom stereocenters. The third kappa shape index (κ3) is 3.18. The second-order valence-corrected chi connectivity index (χ2v) is 6.35. The van der Waals surface area contributed by atoms with Gasteiger partial charge in [-0.15, -0.1) is 15.3 Å². The lowest BCUT2D eigenvalue weighted by molar-refractivity contribution is 0.137. The molecule has 1 aliphatic rings. The van der Waals surface area contributed by atoms with Gasteiger partial charge in [0.25, 0.3) is 6.43 Å². The monoisotopic (exact) mass is 343 g/mol. The van der Waals surface area contributed by atoms with Gasteiger partial charge in [-0.25, -0.2) is 8.78 Å². The molecule has 1 saturated heterocycles. The average Bonchev–Trinajstić information content (AvgIpc) is 3.06. The van der Waals surface area contributed by atoms with E-state index in [2.05, 4.69) is 32.3 Å². The molecule has 1 fully saturated rings. The fraction of sp³-hybridized carbons (Fsp3) is 0.389. The van der Waals surface area contributed by atoms with Crippen molar-refractivity contribution in [1.29, 1.82) is 0 Å². The molecule has 0 radical (unpaired) electrons. The summed E-state index contributed by atoms with van der Waals surface area (Å²) in [5, 5.41) is 11.7. The number of nitrogens with zero attached hydrogens (tertiary/aromatic N) is 5. The van der Waals surface area contributed by atoms with Crippen LogP contribution >= 0.6 is 0 Å². The van der Waals surface area contributed by atoms with Crippen LogP contribution in [-0.2, 0) is 6.42 Å². The second-order valence-electron chi connectivity index (χ2n) is 6.35. The van der Waals surface area contributed by atoms with Crippen molar-refractivity contribution in [1.82, 2.24) is 19.8 Å². The van der Waals surface area contributed by atoms with Gasteiger partial charge in [0, 0.05) is 12.6 Å². The summed E-state index contributed by atoms with van der Waals surface area (Å²) in [5.41, 5.74) is 1.62. The minimum Gasteiger partial charge on any atom is -0.352 e. The van der Waals surface area contributed by atoms with Crippen molar-refractivity contribution in [2.75, 3.05) is 11.4 Å². The number of rotatable bonds is 4. The SMILES string of the molecule is FC(F)c1nnc2ccc(N3CCCCC3Cc3ccccc3)nn12. The largest absolute Gasteiger partial charge is 0.352 e. The molecular formula is C18H19F2N5. The lowest BCUT2D eigenvalue weighted by atomic mass is 9.95. The van der Waals surface area contributed by atoms with Crippen molar-refractivity contribution < 1.29 is 8.78 Å². The zero-order valence-corrected chi connectivity index (χ0v) is 13.7. The third-order valence-electron chi connectivity index (χ3n) is 4.70. The van der Waals surface area contributed by atoms with Gasteiger partial charge in [-0.2, -0.15) is 4.52 Å². The highest BCUT2D eigenvalue weighted by atomic mass is 19.3. The Balaban J connectivity index is 1.65. The molecule has 1 aliphatic heterocycles. The Morgan fingerprint density at radius 3 is 2.68 bits per heavy atom. The van der Waals surface area contributed by atoms with E-state index in [1.807, 2.05) is 24.3 Å². The summed E-state index contributed by atoms with van der Waals surface area (Å²) in [7, 11) is 0. The number of piperidine rings is 1. The van der Waals surface area contributed by atoms with Gasteiger partial charge in [0.15, 0.2) is 5.65 Å². The van der Waals surface area contributed by atoms with Gasteiger partial charge >= 0.3 is 0 Å². The first-order valence-electron chi connectivity index (χ1n) is 8.53. The Kier molecular flexibility index (Phi) is 4.29. The summed E-state index contributed by atoms with van der Waals surface area (Å²) in [5.74, 6) is 0.295. The van der Waals surface area contributed by atoms with Crippen LogP contribution in [0.15, 0.2) is 42.5 Å². The fourth-order valence-corrected chi connectivity index (χ4v) is 3.49. The maximum atomic E-state index is 13.1. The molecule has 0 bridgehead atoms. The molecule has 0 amide bonds. The van der Waals surface area contributed by atoms with Crippen molar-refractivity contribution in [2.45, 2.75) is 38.2 Å². The van der Waals surface area contributed by atoms with E-state index >= 15 is 0 Å². The van der Waals surface area contributed by atoms with Gasteiger partial charge < -0.3 is 4.90 Å². The van der Waals surface area contributed by atoms with Crippen LogP contribution in [-0.4, -0.2) is 32.4 Å². The lowest BCUT2D eigenvalue weighted by Gasteiger charge is -2.36. The van der Waals surface area contributed by atoms with E-state index in [0.717, 1.165) is 30.3 Å². The van der Waals surface area contributed by atoms with Crippen LogP contribution in [0.4, 0.5) is 14.6 Å². The van der Waals surface area contributed by atoms with Crippen molar-refractivity contribution in [3.05, 3.63) is 53.9 Å². The molecule has 0 saturated carbocycles. The van der Waals surface area contributed by atoms with Gasteiger partial charge in [0.2, 0.25) is 5.82 Å². The van der Waals surface area contributed by atoms with Crippen LogP contribution < -0.4 is 4.90 Å². The van der Waals surface area contributed by atoms with Crippen molar-refractivity contribution in [2.24, 2.45) is 0 Å². The van der Waals surface area contributed by atoms with Crippen LogP contribution in [0.2, 0.25) is 0 Å². The highest BCUT2D eigenvalue weighted by molar-refractivity contribution is 5.47. The molecule has 1 aromatic carbocycles. The molecule has 130 valence electrons. The van der Waals surface area contributed by atoms with E-state index in [1.54, 1.807) is 6.07 Å². The van der Waals surface area contributed by atoms with Crippen molar-refractivity contribution in [3.8, 4) is 0 Å². The Hall–Kier alpha value is -2.57. The minimum absolute atomic E-state index is 0.313. The summed E-state index contributed by atoms with van der Waals surface area (Å²) in [6, 6.07) is 14.2. The van der Waals surface area contributed by atoms with E-state index in [9.17, 15) is 8.78 Å². The normalized spacial score (nSPS) is 18.2. The minimum atomic E-state index is -2.70. The van der Waals surface area contributed by atoms with E-state index in [4.69, 9.17) is 0 Å². The second kappa shape index (κ2) is 6.74. The predicted octanol–water partition coefficient (Wildman–Crippen LogP) is 3.66. The Morgan fingerprint density at radius 1 is 1.04 bits per heavy atom. The molecule has 1 unspecified atom stereocenters.